The lowest BCUT2D eigenvalue weighted by Gasteiger charge is -2.00. The second-order valence-corrected chi connectivity index (χ2v) is 4.86. The molecule has 1 nitrogen and oxygen atoms in total. The number of hydrogen-bond donors (Lipinski definition) is 1. The van der Waals surface area contributed by atoms with E-state index in [4.69, 9.17) is 0 Å². The second-order valence-electron chi connectivity index (χ2n) is 2.79. The van der Waals surface area contributed by atoms with Crippen molar-refractivity contribution in [3.8, 4) is 5.75 Å². The molecule has 0 aliphatic rings. The first kappa shape index (κ1) is 8.47. The summed E-state index contributed by atoms with van der Waals surface area (Å²) in [7, 11) is 0.151. The maximum absolute atomic E-state index is 9.47. The Kier molecular flexibility index (Phi) is 2.45. The van der Waals surface area contributed by atoms with E-state index < -0.39 is 0 Å². The summed E-state index contributed by atoms with van der Waals surface area (Å²) < 4.78 is 0. The largest absolute Gasteiger partial charge is 0.503 e. The first-order valence-electron chi connectivity index (χ1n) is 3.48. The molecule has 0 heterocycles. The van der Waals surface area contributed by atoms with Crippen molar-refractivity contribution in [3.63, 3.8) is 0 Å². The molecule has 0 aliphatic carbocycles. The van der Waals surface area contributed by atoms with Gasteiger partial charge >= 0.3 is 0 Å². The number of phenols is 1. The molecule has 0 bridgehead atoms. The van der Waals surface area contributed by atoms with Gasteiger partial charge in [0.05, 0.1) is 0 Å². The monoisotopic (exact) mass is 169 g/mol. The van der Waals surface area contributed by atoms with Gasteiger partial charge in [-0.2, -0.15) is 0 Å². The zero-order valence-corrected chi connectivity index (χ0v) is 7.90. The number of benzene rings is 1. The van der Waals surface area contributed by atoms with E-state index in [1.54, 1.807) is 0 Å². The Balaban J connectivity index is 3.09. The van der Waals surface area contributed by atoms with Gasteiger partial charge in [0.15, 0.2) is 10.6 Å². The Morgan fingerprint density at radius 1 is 1.27 bits per heavy atom. The molecule has 0 amide bonds. The Morgan fingerprint density at radius 3 is 2.36 bits per heavy atom. The van der Waals surface area contributed by atoms with E-state index in [0.717, 1.165) is 10.5 Å². The highest BCUT2D eigenvalue weighted by molar-refractivity contribution is 7.95. The molecule has 0 fully saturated rings. The topological polar surface area (TPSA) is 20.2 Å². The first-order chi connectivity index (χ1) is 5.11. The maximum Gasteiger partial charge on any atom is 0.196 e. The van der Waals surface area contributed by atoms with Gasteiger partial charge in [-0.1, -0.05) is 6.07 Å². The summed E-state index contributed by atoms with van der Waals surface area (Å²) in [6, 6.07) is 5.83. The summed E-state index contributed by atoms with van der Waals surface area (Å²) in [5.41, 5.74) is 1.11. The predicted molar refractivity (Wildman–Crippen MR) is 50.3 cm³/mol. The lowest BCUT2D eigenvalue weighted by molar-refractivity contribution is 0.461. The third-order valence-electron chi connectivity index (χ3n) is 1.55. The predicted octanol–water partition coefficient (Wildman–Crippen LogP) is 1.94. The van der Waals surface area contributed by atoms with Crippen LogP contribution in [0, 0.1) is 6.92 Å². The normalized spacial score (nSPS) is 10.5. The highest BCUT2D eigenvalue weighted by atomic mass is 32.2. The molecule has 1 rings (SSSR count). The highest BCUT2D eigenvalue weighted by Crippen LogP contribution is 2.23. The molecule has 0 radical (unpaired) electrons. The molecule has 1 N–H and O–H groups in total. The number of rotatable bonds is 1. The fraction of sp³-hybridized carbons (Fsp3) is 0.333. The zero-order valence-electron chi connectivity index (χ0n) is 7.09. The first-order valence-corrected chi connectivity index (χ1v) is 5.52. The fourth-order valence-corrected chi connectivity index (χ4v) is 1.79. The van der Waals surface area contributed by atoms with Crippen molar-refractivity contribution < 1.29 is 5.11 Å². The van der Waals surface area contributed by atoms with Crippen molar-refractivity contribution in [2.45, 2.75) is 11.8 Å². The van der Waals surface area contributed by atoms with E-state index in [9.17, 15) is 5.11 Å². The van der Waals surface area contributed by atoms with Crippen molar-refractivity contribution in [2.75, 3.05) is 12.5 Å². The molecular formula is C9H13OS+. The Bertz CT molecular complexity index is 256. The average molecular weight is 169 g/mol. The van der Waals surface area contributed by atoms with Gasteiger partial charge in [0.1, 0.15) is 12.5 Å². The van der Waals surface area contributed by atoms with Gasteiger partial charge in [-0.05, 0) is 24.6 Å². The van der Waals surface area contributed by atoms with E-state index in [-0.39, 0.29) is 10.9 Å². The van der Waals surface area contributed by atoms with Crippen LogP contribution in [0.4, 0.5) is 0 Å². The van der Waals surface area contributed by atoms with E-state index in [1.807, 2.05) is 25.1 Å². The quantitative estimate of drug-likeness (QED) is 0.637. The molecule has 0 spiro atoms. The van der Waals surface area contributed by atoms with Crippen molar-refractivity contribution in [1.29, 1.82) is 0 Å². The van der Waals surface area contributed by atoms with Crippen molar-refractivity contribution in [3.05, 3.63) is 23.8 Å². The van der Waals surface area contributed by atoms with Crippen LogP contribution in [0.2, 0.25) is 0 Å². The zero-order chi connectivity index (χ0) is 8.43. The van der Waals surface area contributed by atoms with Crippen LogP contribution in [0.25, 0.3) is 0 Å². The van der Waals surface area contributed by atoms with Gasteiger partial charge < -0.3 is 5.11 Å². The van der Waals surface area contributed by atoms with E-state index in [1.165, 1.54) is 0 Å². The summed E-state index contributed by atoms with van der Waals surface area (Å²) in [5.74, 6) is 0.429. The van der Waals surface area contributed by atoms with Gasteiger partial charge in [0, 0.05) is 10.9 Å². The van der Waals surface area contributed by atoms with Gasteiger partial charge in [-0.25, -0.2) is 0 Å². The molecule has 1 aromatic carbocycles. The van der Waals surface area contributed by atoms with Crippen LogP contribution in [0.5, 0.6) is 5.75 Å². The van der Waals surface area contributed by atoms with Crippen molar-refractivity contribution in [2.24, 2.45) is 0 Å². The highest BCUT2D eigenvalue weighted by Gasteiger charge is 2.13. The summed E-state index contributed by atoms with van der Waals surface area (Å²) >= 11 is 0. The Hall–Kier alpha value is -0.630. The minimum absolute atomic E-state index is 0.151. The molecule has 0 atom stereocenters. The van der Waals surface area contributed by atoms with Gasteiger partial charge in [-0.3, -0.25) is 0 Å². The smallest absolute Gasteiger partial charge is 0.196 e. The minimum Gasteiger partial charge on any atom is -0.503 e. The second kappa shape index (κ2) is 3.18. The third-order valence-corrected chi connectivity index (χ3v) is 2.78. The number of aryl methyl sites for hydroxylation is 1. The Morgan fingerprint density at radius 2 is 1.91 bits per heavy atom. The molecule has 0 saturated heterocycles. The summed E-state index contributed by atoms with van der Waals surface area (Å²) in [6.45, 7) is 1.98. The maximum atomic E-state index is 9.47. The van der Waals surface area contributed by atoms with Crippen LogP contribution >= 0.6 is 0 Å². The molecule has 0 aliphatic heterocycles. The molecule has 60 valence electrons. The Labute approximate surface area is 70.4 Å². The van der Waals surface area contributed by atoms with Gasteiger partial charge in [0.2, 0.25) is 0 Å². The lowest BCUT2D eigenvalue weighted by atomic mass is 10.2. The molecule has 11 heavy (non-hydrogen) atoms. The number of phenolic OH excluding ortho intramolecular Hbond substituents is 1. The van der Waals surface area contributed by atoms with Gasteiger partial charge in [0.25, 0.3) is 0 Å². The SMILES string of the molecule is Cc1ccc([S+](C)C)c(O)c1. The third kappa shape index (κ3) is 1.90. The van der Waals surface area contributed by atoms with Crippen molar-refractivity contribution in [1.82, 2.24) is 0 Å². The molecule has 0 aromatic heterocycles. The summed E-state index contributed by atoms with van der Waals surface area (Å²) in [4.78, 5) is 1.05. The van der Waals surface area contributed by atoms with Crippen LogP contribution in [0.1, 0.15) is 5.56 Å². The van der Waals surface area contributed by atoms with E-state index in [2.05, 4.69) is 12.5 Å². The van der Waals surface area contributed by atoms with Crippen LogP contribution < -0.4 is 0 Å². The van der Waals surface area contributed by atoms with Gasteiger partial charge in [-0.15, -0.1) is 0 Å². The van der Waals surface area contributed by atoms with E-state index >= 15 is 0 Å². The molecule has 0 saturated carbocycles. The lowest BCUT2D eigenvalue weighted by Crippen LogP contribution is -1.95. The molecule has 1 aromatic rings. The van der Waals surface area contributed by atoms with Crippen LogP contribution in [0.3, 0.4) is 0 Å². The fourth-order valence-electron chi connectivity index (χ4n) is 0.973. The van der Waals surface area contributed by atoms with Crippen LogP contribution in [-0.2, 0) is 10.9 Å². The average Bonchev–Trinajstić information content (AvgIpc) is 1.85. The van der Waals surface area contributed by atoms with Crippen LogP contribution in [-0.4, -0.2) is 17.6 Å². The molecular weight excluding hydrogens is 156 g/mol. The molecule has 2 heteroatoms. The van der Waals surface area contributed by atoms with Crippen LogP contribution in [0.15, 0.2) is 23.1 Å². The summed E-state index contributed by atoms with van der Waals surface area (Å²) in [6.07, 6.45) is 4.20. The van der Waals surface area contributed by atoms with E-state index in [0.29, 0.717) is 5.75 Å². The van der Waals surface area contributed by atoms with Crippen molar-refractivity contribution >= 4 is 10.9 Å². The standard InChI is InChI=1S/C9H12OS/c1-7-4-5-9(11(2)3)8(10)6-7/h4-6H,1-3H3/p+1. The number of hydrogen-bond acceptors (Lipinski definition) is 1. The summed E-state index contributed by atoms with van der Waals surface area (Å²) in [5, 5.41) is 9.47. The molecule has 0 unspecified atom stereocenters. The number of aromatic hydroxyl groups is 1. The minimum atomic E-state index is 0.151.